The van der Waals surface area contributed by atoms with Crippen molar-refractivity contribution in [1.82, 2.24) is 19.9 Å². The number of carbonyl (C=O) groups excluding carboxylic acids is 1. The fourth-order valence-corrected chi connectivity index (χ4v) is 3.47. The fourth-order valence-electron chi connectivity index (χ4n) is 3.31. The van der Waals surface area contributed by atoms with Gasteiger partial charge in [-0.1, -0.05) is 30.6 Å². The molecular formula is C19H24ClN5O3. The summed E-state index contributed by atoms with van der Waals surface area (Å²) >= 11 is 5.74. The molecule has 0 aliphatic carbocycles. The van der Waals surface area contributed by atoms with Gasteiger partial charge in [0.2, 0.25) is 0 Å². The molecule has 9 heteroatoms. The number of aromatic nitrogens is 4. The van der Waals surface area contributed by atoms with Gasteiger partial charge in [-0.05, 0) is 24.5 Å². The van der Waals surface area contributed by atoms with Crippen LogP contribution in [0, 0.1) is 6.92 Å². The third kappa shape index (κ3) is 4.18. The Hall–Kier alpha value is -2.45. The lowest BCUT2D eigenvalue weighted by molar-refractivity contribution is -0.117. The molecule has 150 valence electrons. The predicted molar refractivity (Wildman–Crippen MR) is 107 cm³/mol. The van der Waals surface area contributed by atoms with Gasteiger partial charge in [0.25, 0.3) is 0 Å². The number of halogens is 1. The molecule has 0 saturated carbocycles. The number of carbonyl (C=O) groups is 1. The highest BCUT2D eigenvalue weighted by molar-refractivity contribution is 6.29. The normalized spacial score (nSPS) is 11.5. The van der Waals surface area contributed by atoms with Gasteiger partial charge in [-0.25, -0.2) is 4.98 Å². The third-order valence-electron chi connectivity index (χ3n) is 4.57. The SMILES string of the molecule is Cc1nn(C)c2nc(N(CCO)CC(=O)Cc3cc(Cl)no3)cc(C(C)C)c12. The summed E-state index contributed by atoms with van der Waals surface area (Å²) in [5.74, 6) is 1.22. The maximum atomic E-state index is 12.5. The molecule has 0 atom stereocenters. The van der Waals surface area contributed by atoms with E-state index in [4.69, 9.17) is 21.1 Å². The summed E-state index contributed by atoms with van der Waals surface area (Å²) < 4.78 is 6.76. The lowest BCUT2D eigenvalue weighted by Crippen LogP contribution is -2.34. The van der Waals surface area contributed by atoms with Crippen molar-refractivity contribution in [3.63, 3.8) is 0 Å². The molecular weight excluding hydrogens is 382 g/mol. The Morgan fingerprint density at radius 3 is 2.75 bits per heavy atom. The Morgan fingerprint density at radius 1 is 1.39 bits per heavy atom. The van der Waals surface area contributed by atoms with Crippen molar-refractivity contribution < 1.29 is 14.4 Å². The second-order valence-electron chi connectivity index (χ2n) is 7.11. The molecule has 8 nitrogen and oxygen atoms in total. The van der Waals surface area contributed by atoms with E-state index in [1.807, 2.05) is 20.0 Å². The average Bonchev–Trinajstić information content (AvgIpc) is 3.16. The van der Waals surface area contributed by atoms with Crippen LogP contribution in [0.2, 0.25) is 5.15 Å². The molecule has 0 spiro atoms. The van der Waals surface area contributed by atoms with Crippen LogP contribution in [-0.4, -0.2) is 50.5 Å². The maximum absolute atomic E-state index is 12.5. The van der Waals surface area contributed by atoms with Crippen molar-refractivity contribution in [3.8, 4) is 0 Å². The van der Waals surface area contributed by atoms with Gasteiger partial charge in [-0.3, -0.25) is 9.48 Å². The van der Waals surface area contributed by atoms with E-state index in [-0.39, 0.29) is 43.0 Å². The zero-order valence-electron chi connectivity index (χ0n) is 16.4. The summed E-state index contributed by atoms with van der Waals surface area (Å²) in [5, 5.41) is 18.8. The Labute approximate surface area is 168 Å². The van der Waals surface area contributed by atoms with Gasteiger partial charge in [0.15, 0.2) is 16.6 Å². The summed E-state index contributed by atoms with van der Waals surface area (Å²) in [6.07, 6.45) is 0.0751. The molecule has 0 aliphatic rings. The van der Waals surface area contributed by atoms with Crippen LogP contribution >= 0.6 is 11.6 Å². The molecule has 0 amide bonds. The van der Waals surface area contributed by atoms with Gasteiger partial charge in [0.1, 0.15) is 11.6 Å². The minimum atomic E-state index is -0.0947. The maximum Gasteiger partial charge on any atom is 0.172 e. The van der Waals surface area contributed by atoms with Crippen LogP contribution in [0.25, 0.3) is 11.0 Å². The first-order valence-electron chi connectivity index (χ1n) is 9.13. The Balaban J connectivity index is 1.93. The number of aliphatic hydroxyl groups excluding tert-OH is 1. The zero-order chi connectivity index (χ0) is 20.4. The summed E-state index contributed by atoms with van der Waals surface area (Å²) in [5.41, 5.74) is 2.80. The minimum absolute atomic E-state index is 0.0751. The highest BCUT2D eigenvalue weighted by atomic mass is 35.5. The van der Waals surface area contributed by atoms with Crippen LogP contribution in [0.5, 0.6) is 0 Å². The molecule has 3 aromatic rings. The van der Waals surface area contributed by atoms with Crippen molar-refractivity contribution in [2.24, 2.45) is 7.05 Å². The number of aliphatic hydroxyl groups is 1. The van der Waals surface area contributed by atoms with Crippen molar-refractivity contribution in [3.05, 3.63) is 34.3 Å². The van der Waals surface area contributed by atoms with Gasteiger partial charge < -0.3 is 14.5 Å². The van der Waals surface area contributed by atoms with Crippen molar-refractivity contribution in [1.29, 1.82) is 0 Å². The number of Topliss-reactive ketones (excluding diaryl/α,β-unsaturated/α-hetero) is 1. The van der Waals surface area contributed by atoms with Crippen molar-refractivity contribution in [2.75, 3.05) is 24.6 Å². The molecule has 0 radical (unpaired) electrons. The van der Waals surface area contributed by atoms with Crippen molar-refractivity contribution >= 4 is 34.2 Å². The Morgan fingerprint density at radius 2 is 2.14 bits per heavy atom. The first-order chi connectivity index (χ1) is 13.3. The van der Waals surface area contributed by atoms with E-state index < -0.39 is 0 Å². The van der Waals surface area contributed by atoms with E-state index in [2.05, 4.69) is 24.1 Å². The highest BCUT2D eigenvalue weighted by Crippen LogP contribution is 2.30. The molecule has 0 unspecified atom stereocenters. The molecule has 0 aliphatic heterocycles. The van der Waals surface area contributed by atoms with E-state index in [0.717, 1.165) is 22.3 Å². The van der Waals surface area contributed by atoms with E-state index in [9.17, 15) is 9.90 Å². The summed E-state index contributed by atoms with van der Waals surface area (Å²) in [6, 6.07) is 3.51. The number of aryl methyl sites for hydroxylation is 2. The highest BCUT2D eigenvalue weighted by Gasteiger charge is 2.20. The van der Waals surface area contributed by atoms with Crippen LogP contribution in [0.15, 0.2) is 16.7 Å². The van der Waals surface area contributed by atoms with E-state index in [0.29, 0.717) is 11.6 Å². The van der Waals surface area contributed by atoms with Crippen LogP contribution < -0.4 is 4.90 Å². The fraction of sp³-hybridized carbons (Fsp3) is 0.474. The van der Waals surface area contributed by atoms with Crippen LogP contribution in [0.3, 0.4) is 0 Å². The molecule has 0 bridgehead atoms. The topological polar surface area (TPSA) is 97.3 Å². The lowest BCUT2D eigenvalue weighted by Gasteiger charge is -2.23. The molecule has 0 fully saturated rings. The minimum Gasteiger partial charge on any atom is -0.395 e. The number of hydrogen-bond donors (Lipinski definition) is 1. The summed E-state index contributed by atoms with van der Waals surface area (Å²) in [7, 11) is 1.85. The lowest BCUT2D eigenvalue weighted by atomic mass is 9.99. The summed E-state index contributed by atoms with van der Waals surface area (Å²) in [6.45, 7) is 6.47. The molecule has 0 aromatic carbocycles. The van der Waals surface area contributed by atoms with Gasteiger partial charge in [0, 0.05) is 25.0 Å². The Kier molecular flexibility index (Phi) is 6.00. The number of fused-ring (bicyclic) bond motifs is 1. The first-order valence-corrected chi connectivity index (χ1v) is 9.50. The third-order valence-corrected chi connectivity index (χ3v) is 4.75. The number of anilines is 1. The number of ketones is 1. The second-order valence-corrected chi connectivity index (χ2v) is 7.50. The van der Waals surface area contributed by atoms with Gasteiger partial charge >= 0.3 is 0 Å². The predicted octanol–water partition coefficient (Wildman–Crippen LogP) is 2.65. The molecule has 3 aromatic heterocycles. The number of hydrogen-bond acceptors (Lipinski definition) is 7. The van der Waals surface area contributed by atoms with Gasteiger partial charge in [-0.15, -0.1) is 0 Å². The Bertz CT molecular complexity index is 995. The molecule has 28 heavy (non-hydrogen) atoms. The molecule has 3 heterocycles. The number of nitrogens with zero attached hydrogens (tertiary/aromatic N) is 5. The smallest absolute Gasteiger partial charge is 0.172 e. The van der Waals surface area contributed by atoms with Crippen molar-refractivity contribution in [2.45, 2.75) is 33.1 Å². The van der Waals surface area contributed by atoms with E-state index in [1.165, 1.54) is 6.07 Å². The van der Waals surface area contributed by atoms with E-state index in [1.54, 1.807) is 9.58 Å². The zero-order valence-corrected chi connectivity index (χ0v) is 17.2. The quantitative estimate of drug-likeness (QED) is 0.615. The van der Waals surface area contributed by atoms with Gasteiger partial charge in [-0.2, -0.15) is 5.10 Å². The molecule has 0 saturated heterocycles. The first kappa shape index (κ1) is 20.3. The molecule has 3 rings (SSSR count). The summed E-state index contributed by atoms with van der Waals surface area (Å²) in [4.78, 5) is 19.0. The van der Waals surface area contributed by atoms with Crippen LogP contribution in [0.1, 0.15) is 36.8 Å². The number of rotatable bonds is 8. The monoisotopic (exact) mass is 405 g/mol. The average molecular weight is 406 g/mol. The van der Waals surface area contributed by atoms with Crippen LogP contribution in [-0.2, 0) is 18.3 Å². The second kappa shape index (κ2) is 8.28. The molecule has 1 N–H and O–H groups in total. The van der Waals surface area contributed by atoms with E-state index >= 15 is 0 Å². The number of pyridine rings is 1. The standard InChI is InChI=1S/C19H24ClN5O3/c1-11(2)15-9-17(21-19-18(15)12(3)22-24(19)4)25(5-6-26)10-13(27)7-14-8-16(20)23-28-14/h8-9,11,26H,5-7,10H2,1-4H3. The van der Waals surface area contributed by atoms with Gasteiger partial charge in [0.05, 0.1) is 25.3 Å². The largest absolute Gasteiger partial charge is 0.395 e. The van der Waals surface area contributed by atoms with Crippen LogP contribution in [0.4, 0.5) is 5.82 Å².